The number of aliphatic hydroxyl groups excluding tert-OH is 2. The molecular weight excluding hydrogens is 230 g/mol. The van der Waals surface area contributed by atoms with Crippen molar-refractivity contribution >= 4 is 5.69 Å². The summed E-state index contributed by atoms with van der Waals surface area (Å²) in [5, 5.41) is 32.6. The van der Waals surface area contributed by atoms with E-state index in [1.54, 1.807) is 0 Å². The molecule has 1 heterocycles. The molecule has 0 amide bonds. The molecule has 0 radical (unpaired) electrons. The Hall–Kier alpha value is -2.22. The summed E-state index contributed by atoms with van der Waals surface area (Å²) in [7, 11) is 0. The van der Waals surface area contributed by atoms with Crippen LogP contribution in [-0.4, -0.2) is 32.8 Å². The Labute approximate surface area is 95.1 Å². The van der Waals surface area contributed by atoms with Crippen LogP contribution in [0.5, 0.6) is 0 Å². The number of rotatable bonds is 5. The molecule has 0 saturated carbocycles. The Bertz CT molecular complexity index is 459. The molecule has 90 valence electrons. The fourth-order valence-electron chi connectivity index (χ4n) is 1.13. The lowest BCUT2D eigenvalue weighted by Crippen LogP contribution is -2.22. The van der Waals surface area contributed by atoms with E-state index in [0.717, 1.165) is 18.3 Å². The van der Waals surface area contributed by atoms with Crippen molar-refractivity contribution in [2.75, 3.05) is 6.54 Å². The maximum Gasteiger partial charge on any atom is 0.272 e. The van der Waals surface area contributed by atoms with Gasteiger partial charge in [-0.25, -0.2) is 0 Å². The van der Waals surface area contributed by atoms with Gasteiger partial charge < -0.3 is 10.2 Å². The Balaban J connectivity index is 2.87. The Morgan fingerprint density at radius 2 is 2.35 bits per heavy atom. The number of hydrogen-bond acceptors (Lipinski definition) is 6. The van der Waals surface area contributed by atoms with Crippen LogP contribution in [0.25, 0.3) is 10.4 Å². The highest BCUT2D eigenvalue weighted by Gasteiger charge is 2.20. The summed E-state index contributed by atoms with van der Waals surface area (Å²) in [6.45, 7) is -0.345. The van der Waals surface area contributed by atoms with E-state index in [9.17, 15) is 20.3 Å². The zero-order valence-corrected chi connectivity index (χ0v) is 8.54. The third-order valence-electron chi connectivity index (χ3n) is 1.97. The molecule has 0 saturated heterocycles. The van der Waals surface area contributed by atoms with E-state index < -0.39 is 17.1 Å². The van der Waals surface area contributed by atoms with Crippen LogP contribution in [0.2, 0.25) is 0 Å². The molecule has 0 aromatic carbocycles. The van der Waals surface area contributed by atoms with Gasteiger partial charge in [-0.1, -0.05) is 5.11 Å². The summed E-state index contributed by atoms with van der Waals surface area (Å²) in [6, 6.07) is 2.21. The number of azide groups is 1. The van der Waals surface area contributed by atoms with Crippen molar-refractivity contribution in [3.63, 3.8) is 0 Å². The SMILES string of the molecule is [N-]=[N+]=NCC(O)C(O)c1cc([N+](=O)[O-])ccn1. The molecule has 9 nitrogen and oxygen atoms in total. The Kier molecular flexibility index (Phi) is 4.35. The van der Waals surface area contributed by atoms with Gasteiger partial charge >= 0.3 is 0 Å². The number of aromatic nitrogens is 1. The molecule has 17 heavy (non-hydrogen) atoms. The molecule has 2 unspecified atom stereocenters. The minimum Gasteiger partial charge on any atom is -0.390 e. The van der Waals surface area contributed by atoms with E-state index in [4.69, 9.17) is 5.53 Å². The van der Waals surface area contributed by atoms with Crippen LogP contribution in [0.3, 0.4) is 0 Å². The van der Waals surface area contributed by atoms with Crippen molar-refractivity contribution in [1.29, 1.82) is 0 Å². The highest BCUT2D eigenvalue weighted by atomic mass is 16.6. The third-order valence-corrected chi connectivity index (χ3v) is 1.97. The molecule has 1 aromatic rings. The largest absolute Gasteiger partial charge is 0.390 e. The minimum absolute atomic E-state index is 0.0557. The predicted molar refractivity (Wildman–Crippen MR) is 55.9 cm³/mol. The van der Waals surface area contributed by atoms with Gasteiger partial charge in [0, 0.05) is 23.2 Å². The molecule has 2 N–H and O–H groups in total. The Morgan fingerprint density at radius 3 is 2.94 bits per heavy atom. The molecule has 0 aliphatic heterocycles. The molecule has 0 fully saturated rings. The first-order valence-electron chi connectivity index (χ1n) is 4.53. The molecule has 0 bridgehead atoms. The van der Waals surface area contributed by atoms with Crippen LogP contribution in [0.1, 0.15) is 11.8 Å². The van der Waals surface area contributed by atoms with Gasteiger partial charge in [-0.3, -0.25) is 15.1 Å². The molecule has 9 heteroatoms. The number of hydrogen-bond donors (Lipinski definition) is 2. The highest BCUT2D eigenvalue weighted by Crippen LogP contribution is 2.19. The van der Waals surface area contributed by atoms with Crippen molar-refractivity contribution in [2.24, 2.45) is 5.11 Å². The van der Waals surface area contributed by atoms with Crippen molar-refractivity contribution in [3.8, 4) is 0 Å². The molecule has 0 spiro atoms. The topological polar surface area (TPSA) is 145 Å². The third kappa shape index (κ3) is 3.38. The summed E-state index contributed by atoms with van der Waals surface area (Å²) in [5.74, 6) is 0. The van der Waals surface area contributed by atoms with E-state index in [1.807, 2.05) is 0 Å². The fourth-order valence-corrected chi connectivity index (χ4v) is 1.13. The van der Waals surface area contributed by atoms with Gasteiger partial charge in [-0.15, -0.1) is 0 Å². The maximum absolute atomic E-state index is 10.5. The number of aliphatic hydroxyl groups is 2. The quantitative estimate of drug-likeness (QED) is 0.255. The van der Waals surface area contributed by atoms with Crippen molar-refractivity contribution < 1.29 is 15.1 Å². The summed E-state index contributed by atoms with van der Waals surface area (Å²) in [5.41, 5.74) is 7.74. The van der Waals surface area contributed by atoms with Gasteiger partial charge in [-0.2, -0.15) is 0 Å². The Morgan fingerprint density at radius 1 is 1.65 bits per heavy atom. The normalized spacial score (nSPS) is 13.5. The molecular formula is C8H9N5O4. The van der Waals surface area contributed by atoms with Crippen LogP contribution in [0.15, 0.2) is 23.4 Å². The second-order valence-electron chi connectivity index (χ2n) is 3.12. The average Bonchev–Trinajstić information content (AvgIpc) is 2.35. The van der Waals surface area contributed by atoms with Gasteiger partial charge in [-0.05, 0) is 5.53 Å². The maximum atomic E-state index is 10.5. The molecule has 0 aliphatic carbocycles. The van der Waals surface area contributed by atoms with E-state index in [-0.39, 0.29) is 17.9 Å². The van der Waals surface area contributed by atoms with Crippen LogP contribution < -0.4 is 0 Å². The zero-order chi connectivity index (χ0) is 12.8. The fraction of sp³-hybridized carbons (Fsp3) is 0.375. The van der Waals surface area contributed by atoms with E-state index in [2.05, 4.69) is 15.0 Å². The first kappa shape index (κ1) is 12.8. The number of nitrogens with zero attached hydrogens (tertiary/aromatic N) is 5. The predicted octanol–water partition coefficient (Wildman–Crippen LogP) is 0.694. The first-order valence-corrected chi connectivity index (χ1v) is 4.53. The van der Waals surface area contributed by atoms with E-state index in [0.29, 0.717) is 0 Å². The minimum atomic E-state index is -1.44. The highest BCUT2D eigenvalue weighted by molar-refractivity contribution is 5.30. The smallest absolute Gasteiger partial charge is 0.272 e. The molecule has 0 aliphatic rings. The van der Waals surface area contributed by atoms with Crippen molar-refractivity contribution in [1.82, 2.24) is 4.98 Å². The lowest BCUT2D eigenvalue weighted by Gasteiger charge is -2.14. The van der Waals surface area contributed by atoms with Crippen LogP contribution in [0, 0.1) is 10.1 Å². The van der Waals surface area contributed by atoms with Gasteiger partial charge in [0.25, 0.3) is 5.69 Å². The summed E-state index contributed by atoms with van der Waals surface area (Å²) >= 11 is 0. The second kappa shape index (κ2) is 5.75. The molecule has 2 atom stereocenters. The molecule has 1 aromatic heterocycles. The molecule has 1 rings (SSSR count). The average molecular weight is 239 g/mol. The second-order valence-corrected chi connectivity index (χ2v) is 3.12. The van der Waals surface area contributed by atoms with E-state index >= 15 is 0 Å². The number of nitro groups is 1. The summed E-state index contributed by atoms with van der Waals surface area (Å²) in [6.07, 6.45) is -1.66. The first-order chi connectivity index (χ1) is 8.06. The van der Waals surface area contributed by atoms with Crippen molar-refractivity contribution in [3.05, 3.63) is 44.6 Å². The van der Waals surface area contributed by atoms with E-state index in [1.165, 1.54) is 0 Å². The van der Waals surface area contributed by atoms with Crippen molar-refractivity contribution in [2.45, 2.75) is 12.2 Å². The van der Waals surface area contributed by atoms with Crippen LogP contribution in [-0.2, 0) is 0 Å². The van der Waals surface area contributed by atoms with Gasteiger partial charge in [0.1, 0.15) is 6.10 Å². The zero-order valence-electron chi connectivity index (χ0n) is 8.54. The van der Waals surface area contributed by atoms with Crippen LogP contribution >= 0.6 is 0 Å². The van der Waals surface area contributed by atoms with Gasteiger partial charge in [0.2, 0.25) is 0 Å². The lowest BCUT2D eigenvalue weighted by atomic mass is 10.1. The summed E-state index contributed by atoms with van der Waals surface area (Å²) in [4.78, 5) is 16.0. The van der Waals surface area contributed by atoms with Gasteiger partial charge in [0.15, 0.2) is 0 Å². The van der Waals surface area contributed by atoms with Gasteiger partial charge in [0.05, 0.1) is 23.3 Å². The monoisotopic (exact) mass is 239 g/mol. The standard InChI is InChI=1S/C8H9N5O4/c9-12-11-4-7(14)8(15)6-3-5(13(16)17)1-2-10-6/h1-3,7-8,14-15H,4H2. The van der Waals surface area contributed by atoms with Crippen LogP contribution in [0.4, 0.5) is 5.69 Å². The number of pyridine rings is 1. The summed E-state index contributed by atoms with van der Waals surface area (Å²) < 4.78 is 0. The lowest BCUT2D eigenvalue weighted by molar-refractivity contribution is -0.385.